The molecule has 0 spiro atoms. The predicted molar refractivity (Wildman–Crippen MR) is 86.7 cm³/mol. The summed E-state index contributed by atoms with van der Waals surface area (Å²) in [5.41, 5.74) is 2.05. The van der Waals surface area contributed by atoms with Crippen LogP contribution in [0.15, 0.2) is 42.0 Å². The molecule has 1 saturated heterocycles. The van der Waals surface area contributed by atoms with Crippen LogP contribution in [0.1, 0.15) is 25.3 Å². The van der Waals surface area contributed by atoms with Crippen LogP contribution in [0.3, 0.4) is 0 Å². The number of ether oxygens (including phenoxy) is 2. The second-order valence-corrected chi connectivity index (χ2v) is 5.59. The van der Waals surface area contributed by atoms with Crippen molar-refractivity contribution in [1.82, 2.24) is 4.90 Å². The van der Waals surface area contributed by atoms with Crippen LogP contribution in [0.4, 0.5) is 4.79 Å². The molecule has 0 saturated carbocycles. The van der Waals surface area contributed by atoms with Gasteiger partial charge in [0.2, 0.25) is 0 Å². The van der Waals surface area contributed by atoms with Crippen molar-refractivity contribution in [2.45, 2.75) is 26.4 Å². The molecule has 124 valence electrons. The lowest BCUT2D eigenvalue weighted by atomic mass is 9.88. The van der Waals surface area contributed by atoms with Gasteiger partial charge >= 0.3 is 12.1 Å². The lowest BCUT2D eigenvalue weighted by molar-refractivity contribution is -0.141. The molecule has 0 N–H and O–H groups in total. The van der Waals surface area contributed by atoms with E-state index in [-0.39, 0.29) is 24.6 Å². The van der Waals surface area contributed by atoms with Crippen molar-refractivity contribution in [3.8, 4) is 0 Å². The number of piperidine rings is 1. The van der Waals surface area contributed by atoms with E-state index < -0.39 is 0 Å². The fourth-order valence-corrected chi connectivity index (χ4v) is 2.74. The number of carbonyl (C=O) groups excluding carboxylic acids is 2. The minimum absolute atomic E-state index is 0.144. The first-order valence-corrected chi connectivity index (χ1v) is 7.81. The number of benzene rings is 1. The fourth-order valence-electron chi connectivity index (χ4n) is 2.74. The van der Waals surface area contributed by atoms with Crippen molar-refractivity contribution in [2.75, 3.05) is 20.2 Å². The molecule has 0 aliphatic carbocycles. The highest BCUT2D eigenvalue weighted by Crippen LogP contribution is 2.26. The number of allylic oxidation sites excluding steroid dienone is 1. The topological polar surface area (TPSA) is 55.8 Å². The fraction of sp³-hybridized carbons (Fsp3) is 0.444. The highest BCUT2D eigenvalue weighted by molar-refractivity contribution is 5.71. The molecule has 1 aromatic rings. The zero-order valence-corrected chi connectivity index (χ0v) is 13.7. The summed E-state index contributed by atoms with van der Waals surface area (Å²) in [5, 5.41) is 0. The van der Waals surface area contributed by atoms with Gasteiger partial charge in [-0.2, -0.15) is 0 Å². The number of carbonyl (C=O) groups is 2. The molecule has 0 aromatic heterocycles. The normalized spacial score (nSPS) is 19.5. The van der Waals surface area contributed by atoms with E-state index in [1.54, 1.807) is 4.90 Å². The van der Waals surface area contributed by atoms with Gasteiger partial charge in [0.05, 0.1) is 13.5 Å². The molecular formula is C18H23NO4. The quantitative estimate of drug-likeness (QED) is 0.632. The third-order valence-electron chi connectivity index (χ3n) is 4.12. The number of methoxy groups -OCH3 is 1. The Bertz CT molecular complexity index is 568. The Hall–Kier alpha value is -2.30. The molecule has 1 atom stereocenters. The van der Waals surface area contributed by atoms with Crippen molar-refractivity contribution in [2.24, 2.45) is 5.92 Å². The molecule has 23 heavy (non-hydrogen) atoms. The zero-order chi connectivity index (χ0) is 16.7. The molecule has 1 unspecified atom stereocenters. The predicted octanol–water partition coefficient (Wildman–Crippen LogP) is 3.15. The molecule has 1 aliphatic heterocycles. The van der Waals surface area contributed by atoms with Gasteiger partial charge in [0, 0.05) is 13.1 Å². The summed E-state index contributed by atoms with van der Waals surface area (Å²) in [6.07, 6.45) is 2.77. The number of nitrogens with zero attached hydrogens (tertiary/aromatic N) is 1. The van der Waals surface area contributed by atoms with Gasteiger partial charge in [-0.15, -0.1) is 0 Å². The Morgan fingerprint density at radius 2 is 2.04 bits per heavy atom. The molecule has 1 aliphatic rings. The Balaban J connectivity index is 1.87. The second kappa shape index (κ2) is 8.36. The first-order valence-electron chi connectivity index (χ1n) is 7.81. The van der Waals surface area contributed by atoms with Gasteiger partial charge in [0.15, 0.2) is 0 Å². The van der Waals surface area contributed by atoms with E-state index in [4.69, 9.17) is 9.47 Å². The summed E-state index contributed by atoms with van der Waals surface area (Å²) >= 11 is 0. The summed E-state index contributed by atoms with van der Waals surface area (Å²) in [4.78, 5) is 25.4. The molecule has 1 aromatic carbocycles. The molecule has 1 fully saturated rings. The van der Waals surface area contributed by atoms with E-state index in [0.29, 0.717) is 19.5 Å². The maximum Gasteiger partial charge on any atom is 0.410 e. The minimum Gasteiger partial charge on any atom is -0.469 e. The molecule has 1 heterocycles. The maximum atomic E-state index is 12.2. The monoisotopic (exact) mass is 317 g/mol. The van der Waals surface area contributed by atoms with Gasteiger partial charge in [-0.3, -0.25) is 4.79 Å². The number of esters is 1. The molecule has 0 radical (unpaired) electrons. The standard InChI is InChI=1S/C18H23NO4/c1-3-15-12-19(10-9-16(15)11-17(20)22-2)18(21)23-13-14-7-5-4-6-8-14/h3-8,16H,9-13H2,1-2H3/b15-3+. The summed E-state index contributed by atoms with van der Waals surface area (Å²) in [6.45, 7) is 3.30. The third-order valence-corrected chi connectivity index (χ3v) is 4.12. The van der Waals surface area contributed by atoms with Crippen LogP contribution < -0.4 is 0 Å². The van der Waals surface area contributed by atoms with Crippen molar-refractivity contribution >= 4 is 12.1 Å². The van der Waals surface area contributed by atoms with Crippen LogP contribution in [0, 0.1) is 5.92 Å². The van der Waals surface area contributed by atoms with Crippen molar-refractivity contribution < 1.29 is 19.1 Å². The number of hydrogen-bond acceptors (Lipinski definition) is 4. The molecule has 5 heteroatoms. The molecule has 1 amide bonds. The lowest BCUT2D eigenvalue weighted by Gasteiger charge is -2.33. The van der Waals surface area contributed by atoms with Crippen molar-refractivity contribution in [1.29, 1.82) is 0 Å². The van der Waals surface area contributed by atoms with E-state index in [2.05, 4.69) is 0 Å². The van der Waals surface area contributed by atoms with Gasteiger partial charge in [-0.05, 0) is 24.8 Å². The molecule has 0 bridgehead atoms. The first kappa shape index (κ1) is 17.1. The summed E-state index contributed by atoms with van der Waals surface area (Å²) in [7, 11) is 1.40. The Morgan fingerprint density at radius 3 is 2.70 bits per heavy atom. The zero-order valence-electron chi connectivity index (χ0n) is 13.7. The highest BCUT2D eigenvalue weighted by Gasteiger charge is 2.28. The van der Waals surface area contributed by atoms with E-state index >= 15 is 0 Å². The van der Waals surface area contributed by atoms with Crippen molar-refractivity contribution in [3.63, 3.8) is 0 Å². The average Bonchev–Trinajstić information content (AvgIpc) is 2.60. The molecule has 5 nitrogen and oxygen atoms in total. The maximum absolute atomic E-state index is 12.2. The van der Waals surface area contributed by atoms with Gasteiger partial charge in [-0.1, -0.05) is 42.0 Å². The number of amides is 1. The summed E-state index contributed by atoms with van der Waals surface area (Å²) in [6, 6.07) is 9.61. The van der Waals surface area contributed by atoms with Crippen molar-refractivity contribution in [3.05, 3.63) is 47.5 Å². The van der Waals surface area contributed by atoms with Gasteiger partial charge < -0.3 is 14.4 Å². The van der Waals surface area contributed by atoms with Gasteiger partial charge in [0.25, 0.3) is 0 Å². The van der Waals surface area contributed by atoms with E-state index in [1.807, 2.05) is 43.3 Å². The van der Waals surface area contributed by atoms with Crippen LogP contribution >= 0.6 is 0 Å². The number of likely N-dealkylation sites (tertiary alicyclic amines) is 1. The molecular weight excluding hydrogens is 294 g/mol. The SMILES string of the molecule is C/C=C1\CN(C(=O)OCc2ccccc2)CCC1CC(=O)OC. The smallest absolute Gasteiger partial charge is 0.410 e. The average molecular weight is 317 g/mol. The lowest BCUT2D eigenvalue weighted by Crippen LogP contribution is -2.40. The third kappa shape index (κ3) is 4.84. The van der Waals surface area contributed by atoms with Gasteiger partial charge in [0.1, 0.15) is 6.61 Å². The van der Waals surface area contributed by atoms with Crippen LogP contribution in [0.25, 0.3) is 0 Å². The Kier molecular flexibility index (Phi) is 6.20. The van der Waals surface area contributed by atoms with Crippen LogP contribution in [0.2, 0.25) is 0 Å². The largest absolute Gasteiger partial charge is 0.469 e. The van der Waals surface area contributed by atoms with Gasteiger partial charge in [-0.25, -0.2) is 4.79 Å². The van der Waals surface area contributed by atoms with Crippen LogP contribution in [-0.2, 0) is 20.9 Å². The van der Waals surface area contributed by atoms with E-state index in [0.717, 1.165) is 17.6 Å². The second-order valence-electron chi connectivity index (χ2n) is 5.59. The Morgan fingerprint density at radius 1 is 1.30 bits per heavy atom. The first-order chi connectivity index (χ1) is 11.1. The van der Waals surface area contributed by atoms with Crippen LogP contribution in [-0.4, -0.2) is 37.2 Å². The summed E-state index contributed by atoms with van der Waals surface area (Å²) in [5.74, 6) is -0.0694. The van der Waals surface area contributed by atoms with E-state index in [9.17, 15) is 9.59 Å². The molecule has 2 rings (SSSR count). The van der Waals surface area contributed by atoms with E-state index in [1.165, 1.54) is 7.11 Å². The number of rotatable bonds is 4. The highest BCUT2D eigenvalue weighted by atomic mass is 16.6. The number of hydrogen-bond donors (Lipinski definition) is 0. The summed E-state index contributed by atoms with van der Waals surface area (Å²) < 4.78 is 10.1. The minimum atomic E-state index is -0.315. The Labute approximate surface area is 136 Å². The van der Waals surface area contributed by atoms with Crippen LogP contribution in [0.5, 0.6) is 0 Å².